The van der Waals surface area contributed by atoms with Crippen LogP contribution in [0.5, 0.6) is 0 Å². The van der Waals surface area contributed by atoms with Gasteiger partial charge in [-0.05, 0) is 24.8 Å². The molecule has 7 nitrogen and oxygen atoms in total. The zero-order valence-corrected chi connectivity index (χ0v) is 17.9. The van der Waals surface area contributed by atoms with Crippen molar-refractivity contribution >= 4 is 34.6 Å². The Labute approximate surface area is 184 Å². The van der Waals surface area contributed by atoms with Gasteiger partial charge in [0.1, 0.15) is 17.9 Å². The maximum Gasteiger partial charge on any atom is 0.471 e. The van der Waals surface area contributed by atoms with Gasteiger partial charge in [-0.3, -0.25) is 14.3 Å². The van der Waals surface area contributed by atoms with Crippen molar-refractivity contribution in [2.24, 2.45) is 13.0 Å². The molecule has 2 aliphatic heterocycles. The second-order valence-electron chi connectivity index (χ2n) is 8.36. The third kappa shape index (κ3) is 3.46. The largest absolute Gasteiger partial charge is 0.471 e. The number of nitrogens with zero attached hydrogens (tertiary/aromatic N) is 4. The first-order chi connectivity index (χ1) is 14.6. The van der Waals surface area contributed by atoms with Crippen LogP contribution in [0.2, 0.25) is 4.34 Å². The van der Waals surface area contributed by atoms with Crippen LogP contribution in [0, 0.1) is 5.92 Å². The molecule has 1 spiro atoms. The first-order valence-electron chi connectivity index (χ1n) is 9.82. The van der Waals surface area contributed by atoms with E-state index in [9.17, 15) is 22.8 Å². The molecule has 4 heterocycles. The number of ketones is 1. The van der Waals surface area contributed by atoms with Crippen molar-refractivity contribution in [3.63, 3.8) is 0 Å². The lowest BCUT2D eigenvalue weighted by Crippen LogP contribution is -2.58. The summed E-state index contributed by atoms with van der Waals surface area (Å²) in [5.74, 6) is -2.16. The maximum absolute atomic E-state index is 13.6. The minimum Gasteiger partial charge on any atom is -0.361 e. The highest BCUT2D eigenvalue weighted by Gasteiger charge is 2.59. The molecule has 1 saturated heterocycles. The zero-order chi connectivity index (χ0) is 22.1. The third-order valence-electron chi connectivity index (χ3n) is 6.26. The fourth-order valence-corrected chi connectivity index (χ4v) is 6.20. The zero-order valence-electron chi connectivity index (χ0n) is 16.4. The van der Waals surface area contributed by atoms with Gasteiger partial charge in [0.25, 0.3) is 0 Å². The first kappa shape index (κ1) is 20.9. The Morgan fingerprint density at radius 1 is 1.35 bits per heavy atom. The normalized spacial score (nSPS) is 28.8. The van der Waals surface area contributed by atoms with E-state index in [2.05, 4.69) is 10.3 Å². The quantitative estimate of drug-likeness (QED) is 0.664. The number of fused-ring (bicyclic) bond motifs is 2. The van der Waals surface area contributed by atoms with Crippen molar-refractivity contribution in [3.05, 3.63) is 32.7 Å². The van der Waals surface area contributed by atoms with Gasteiger partial charge in [0.05, 0.1) is 16.6 Å². The molecule has 166 valence electrons. The van der Waals surface area contributed by atoms with Crippen LogP contribution in [0.15, 0.2) is 12.3 Å². The van der Waals surface area contributed by atoms with Crippen LogP contribution in [-0.2, 0) is 22.2 Å². The molecule has 12 heteroatoms. The summed E-state index contributed by atoms with van der Waals surface area (Å²) in [6.07, 6.45) is -1.83. The highest BCUT2D eigenvalue weighted by molar-refractivity contribution is 7.16. The number of thiophene rings is 1. The van der Waals surface area contributed by atoms with Gasteiger partial charge in [-0.1, -0.05) is 16.8 Å². The Hall–Kier alpha value is -1.98. The van der Waals surface area contributed by atoms with Gasteiger partial charge in [-0.15, -0.1) is 16.4 Å². The molecule has 0 bridgehead atoms. The van der Waals surface area contributed by atoms with Crippen LogP contribution in [0.1, 0.15) is 52.7 Å². The predicted octanol–water partition coefficient (Wildman–Crippen LogP) is 3.64. The molecule has 0 N–H and O–H groups in total. The summed E-state index contributed by atoms with van der Waals surface area (Å²) in [7, 11) is 1.61. The topological polar surface area (TPSA) is 77.3 Å². The molecule has 0 unspecified atom stereocenters. The third-order valence-corrected chi connectivity index (χ3v) is 7.71. The van der Waals surface area contributed by atoms with E-state index in [1.165, 1.54) is 22.2 Å². The molecule has 3 atom stereocenters. The van der Waals surface area contributed by atoms with E-state index < -0.39 is 29.8 Å². The van der Waals surface area contributed by atoms with E-state index in [0.717, 1.165) is 17.7 Å². The Morgan fingerprint density at radius 2 is 2.10 bits per heavy atom. The van der Waals surface area contributed by atoms with Crippen molar-refractivity contribution in [2.45, 2.75) is 49.5 Å². The molecular formula is C19H18ClF3N4O3S. The lowest BCUT2D eigenvalue weighted by molar-refractivity contribution is -0.202. The molecular weight excluding hydrogens is 457 g/mol. The number of alkyl halides is 3. The summed E-state index contributed by atoms with van der Waals surface area (Å²) in [5, 5.41) is 7.89. The molecule has 2 aromatic heterocycles. The summed E-state index contributed by atoms with van der Waals surface area (Å²) in [6, 6.07) is -0.105. The molecule has 5 rings (SSSR count). The van der Waals surface area contributed by atoms with Crippen LogP contribution in [-0.4, -0.2) is 50.4 Å². The number of hydrogen-bond donors (Lipinski definition) is 0. The smallest absolute Gasteiger partial charge is 0.361 e. The van der Waals surface area contributed by atoms with Crippen LogP contribution in [0.4, 0.5) is 13.2 Å². The van der Waals surface area contributed by atoms with Crippen LogP contribution >= 0.6 is 22.9 Å². The number of hydrogen-bond acceptors (Lipinski definition) is 6. The molecule has 0 radical (unpaired) electrons. The highest BCUT2D eigenvalue weighted by atomic mass is 35.5. The van der Waals surface area contributed by atoms with Gasteiger partial charge in [0.15, 0.2) is 5.78 Å². The lowest BCUT2D eigenvalue weighted by atomic mass is 9.76. The number of carbonyl (C=O) groups is 2. The number of ether oxygens (including phenoxy) is 1. The maximum atomic E-state index is 13.6. The number of aromatic nitrogens is 3. The van der Waals surface area contributed by atoms with Gasteiger partial charge >= 0.3 is 12.1 Å². The minimum atomic E-state index is -5.01. The van der Waals surface area contributed by atoms with E-state index >= 15 is 0 Å². The molecule has 2 fully saturated rings. The summed E-state index contributed by atoms with van der Waals surface area (Å²) < 4.78 is 48.6. The number of piperidine rings is 1. The lowest BCUT2D eigenvalue weighted by Gasteiger charge is -2.51. The number of carbonyl (C=O) groups excluding carboxylic acids is 2. The van der Waals surface area contributed by atoms with E-state index in [4.69, 9.17) is 16.3 Å². The number of amides is 1. The fraction of sp³-hybridized carbons (Fsp3) is 0.579. The standard InChI is InChI=1S/C19H18ClF3N4O3S/c1-26-7-11(24-25-26)13-6-18(16-10(4-15(20)31-16)14(28)8-30-18)5-12(9-2-3-9)27(13)17(29)19(21,22)23/h4,7,9,12-13H,2-3,5-6,8H2,1H3/t12-,13+,18+/m1/s1. The number of rotatable bonds is 2. The van der Waals surface area contributed by atoms with Gasteiger partial charge < -0.3 is 9.64 Å². The fourth-order valence-electron chi connectivity index (χ4n) is 4.80. The van der Waals surface area contributed by atoms with Crippen molar-refractivity contribution < 1.29 is 27.5 Å². The molecule has 2 aromatic rings. The van der Waals surface area contributed by atoms with E-state index in [0.29, 0.717) is 14.8 Å². The molecule has 0 aromatic carbocycles. The monoisotopic (exact) mass is 474 g/mol. The van der Waals surface area contributed by atoms with E-state index in [-0.39, 0.29) is 36.8 Å². The van der Waals surface area contributed by atoms with E-state index in [1.807, 2.05) is 0 Å². The Bertz CT molecular complexity index is 1070. The van der Waals surface area contributed by atoms with Gasteiger partial charge in [0, 0.05) is 36.4 Å². The van der Waals surface area contributed by atoms with Crippen LogP contribution in [0.25, 0.3) is 0 Å². The van der Waals surface area contributed by atoms with Crippen molar-refractivity contribution in [1.82, 2.24) is 19.9 Å². The highest BCUT2D eigenvalue weighted by Crippen LogP contribution is 2.56. The van der Waals surface area contributed by atoms with E-state index in [1.54, 1.807) is 13.1 Å². The van der Waals surface area contributed by atoms with Gasteiger partial charge in [0.2, 0.25) is 0 Å². The SMILES string of the molecule is Cn1cc([C@@H]2C[C@]3(C[C@H](C4CC4)N2C(=O)C(F)(F)F)OCC(=O)c2cc(Cl)sc23)nn1. The first-order valence-corrected chi connectivity index (χ1v) is 11.0. The number of Topliss-reactive ketones (excluding diaryl/α,β-unsaturated/α-hetero) is 1. The Kier molecular flexibility index (Phi) is 4.73. The summed E-state index contributed by atoms with van der Waals surface area (Å²) in [4.78, 5) is 26.5. The summed E-state index contributed by atoms with van der Waals surface area (Å²) in [6.45, 7) is -0.183. The number of likely N-dealkylation sites (tertiary alicyclic amines) is 1. The Balaban J connectivity index is 1.65. The molecule has 1 aliphatic carbocycles. The molecule has 1 amide bonds. The second-order valence-corrected chi connectivity index (χ2v) is 10.0. The van der Waals surface area contributed by atoms with Crippen LogP contribution < -0.4 is 0 Å². The average Bonchev–Trinajstić information content (AvgIpc) is 3.33. The second kappa shape index (κ2) is 7.01. The summed E-state index contributed by atoms with van der Waals surface area (Å²) in [5.41, 5.74) is -0.308. The molecule has 1 saturated carbocycles. The van der Waals surface area contributed by atoms with Crippen molar-refractivity contribution in [2.75, 3.05) is 6.61 Å². The predicted molar refractivity (Wildman–Crippen MR) is 104 cm³/mol. The minimum absolute atomic E-state index is 0.0356. The van der Waals surface area contributed by atoms with Gasteiger partial charge in [-0.25, -0.2) is 0 Å². The molecule has 31 heavy (non-hydrogen) atoms. The van der Waals surface area contributed by atoms with Crippen LogP contribution in [0.3, 0.4) is 0 Å². The van der Waals surface area contributed by atoms with Crippen molar-refractivity contribution in [1.29, 1.82) is 0 Å². The number of aryl methyl sites for hydroxylation is 1. The number of halogens is 4. The van der Waals surface area contributed by atoms with Gasteiger partial charge in [-0.2, -0.15) is 13.2 Å². The average molecular weight is 475 g/mol. The Morgan fingerprint density at radius 3 is 2.71 bits per heavy atom. The summed E-state index contributed by atoms with van der Waals surface area (Å²) >= 11 is 7.40. The van der Waals surface area contributed by atoms with Crippen molar-refractivity contribution in [3.8, 4) is 0 Å². The molecule has 3 aliphatic rings.